The lowest BCUT2D eigenvalue weighted by Crippen LogP contribution is -2.16. The number of nitrogens with zero attached hydrogens (tertiary/aromatic N) is 2. The molecule has 0 spiro atoms. The van der Waals surface area contributed by atoms with E-state index in [0.29, 0.717) is 6.61 Å². The van der Waals surface area contributed by atoms with Crippen LogP contribution in [0.15, 0.2) is 18.7 Å². The number of aromatic nitrogens is 2. The molecule has 4 heteroatoms. The Labute approximate surface area is 76.5 Å². The van der Waals surface area contributed by atoms with Gasteiger partial charge in [-0.05, 0) is 12.8 Å². The van der Waals surface area contributed by atoms with E-state index < -0.39 is 0 Å². The molecule has 4 nitrogen and oxygen atoms in total. The van der Waals surface area contributed by atoms with Crippen LogP contribution in [0.4, 0.5) is 4.79 Å². The van der Waals surface area contributed by atoms with Crippen LogP contribution in [0.25, 0.3) is 0 Å². The maximum Gasteiger partial charge on any atom is 0.419 e. The Morgan fingerprint density at radius 1 is 1.69 bits per heavy atom. The quantitative estimate of drug-likeness (QED) is 0.695. The summed E-state index contributed by atoms with van der Waals surface area (Å²) in [5.74, 6) is 0. The molecule has 0 aliphatic heterocycles. The van der Waals surface area contributed by atoms with E-state index in [1.807, 2.05) is 0 Å². The Bertz CT molecular complexity index is 301. The zero-order valence-corrected chi connectivity index (χ0v) is 7.56. The van der Waals surface area contributed by atoms with Gasteiger partial charge in [-0.2, -0.15) is 0 Å². The molecule has 1 aliphatic carbocycles. The topological polar surface area (TPSA) is 44.1 Å². The second kappa shape index (κ2) is 2.87. The van der Waals surface area contributed by atoms with Crippen molar-refractivity contribution in [2.75, 3.05) is 6.61 Å². The van der Waals surface area contributed by atoms with Gasteiger partial charge < -0.3 is 4.74 Å². The number of carbonyl (C=O) groups is 1. The molecular formula is C9H12N2O2. The molecule has 1 heterocycles. The van der Waals surface area contributed by atoms with Gasteiger partial charge in [-0.25, -0.2) is 14.3 Å². The summed E-state index contributed by atoms with van der Waals surface area (Å²) in [6.07, 6.45) is 6.55. The second-order valence-corrected chi connectivity index (χ2v) is 3.84. The lowest BCUT2D eigenvalue weighted by Gasteiger charge is -2.08. The summed E-state index contributed by atoms with van der Waals surface area (Å²) in [6, 6.07) is 0. The van der Waals surface area contributed by atoms with Crippen molar-refractivity contribution in [1.29, 1.82) is 0 Å². The largest absolute Gasteiger partial charge is 0.448 e. The first-order valence-corrected chi connectivity index (χ1v) is 4.35. The molecular weight excluding hydrogens is 168 g/mol. The van der Waals surface area contributed by atoms with Crippen molar-refractivity contribution < 1.29 is 9.53 Å². The van der Waals surface area contributed by atoms with Gasteiger partial charge in [0.15, 0.2) is 0 Å². The Morgan fingerprint density at radius 2 is 2.46 bits per heavy atom. The average molecular weight is 180 g/mol. The van der Waals surface area contributed by atoms with Crippen LogP contribution in [0.3, 0.4) is 0 Å². The van der Waals surface area contributed by atoms with E-state index >= 15 is 0 Å². The predicted molar refractivity (Wildman–Crippen MR) is 46.3 cm³/mol. The standard InChI is InChI=1S/C9H12N2O2/c1-9(2-3-9)6-13-8(12)11-5-4-10-7-11/h4-5,7H,2-3,6H2,1H3. The number of imidazole rings is 1. The molecule has 0 saturated heterocycles. The van der Waals surface area contributed by atoms with E-state index in [4.69, 9.17) is 4.74 Å². The maximum atomic E-state index is 11.3. The first-order valence-electron chi connectivity index (χ1n) is 4.35. The minimum absolute atomic E-state index is 0.246. The SMILES string of the molecule is CC1(COC(=O)n2ccnc2)CC1. The van der Waals surface area contributed by atoms with Gasteiger partial charge in [0.25, 0.3) is 0 Å². The van der Waals surface area contributed by atoms with Gasteiger partial charge in [0.1, 0.15) is 6.33 Å². The summed E-state index contributed by atoms with van der Waals surface area (Å²) in [4.78, 5) is 15.0. The highest BCUT2D eigenvalue weighted by Crippen LogP contribution is 2.44. The monoisotopic (exact) mass is 180 g/mol. The molecule has 1 aliphatic rings. The second-order valence-electron chi connectivity index (χ2n) is 3.84. The molecule has 13 heavy (non-hydrogen) atoms. The first kappa shape index (κ1) is 8.29. The van der Waals surface area contributed by atoms with Crippen LogP contribution < -0.4 is 0 Å². The molecule has 1 fully saturated rings. The maximum absolute atomic E-state index is 11.3. The van der Waals surface area contributed by atoms with Gasteiger partial charge in [0.2, 0.25) is 0 Å². The lowest BCUT2D eigenvalue weighted by molar-refractivity contribution is 0.126. The van der Waals surface area contributed by atoms with Crippen LogP contribution in [0, 0.1) is 5.41 Å². The number of hydrogen-bond donors (Lipinski definition) is 0. The zero-order chi connectivity index (χ0) is 9.31. The molecule has 70 valence electrons. The molecule has 1 aromatic heterocycles. The van der Waals surface area contributed by atoms with Crippen LogP contribution in [0.5, 0.6) is 0 Å². The van der Waals surface area contributed by atoms with Crippen LogP contribution in [-0.2, 0) is 4.74 Å². The molecule has 1 saturated carbocycles. The van der Waals surface area contributed by atoms with Crippen molar-refractivity contribution in [2.24, 2.45) is 5.41 Å². The Morgan fingerprint density at radius 3 is 3.00 bits per heavy atom. The Balaban J connectivity index is 1.85. The van der Waals surface area contributed by atoms with Crippen molar-refractivity contribution in [3.63, 3.8) is 0 Å². The van der Waals surface area contributed by atoms with E-state index in [2.05, 4.69) is 11.9 Å². The number of hydrogen-bond acceptors (Lipinski definition) is 3. The number of carbonyl (C=O) groups excluding carboxylic acids is 1. The number of ether oxygens (including phenoxy) is 1. The fourth-order valence-electron chi connectivity index (χ4n) is 1.04. The normalized spacial score (nSPS) is 18.2. The smallest absolute Gasteiger partial charge is 0.419 e. The highest BCUT2D eigenvalue weighted by Gasteiger charge is 2.38. The molecule has 0 atom stereocenters. The van der Waals surface area contributed by atoms with Crippen LogP contribution in [-0.4, -0.2) is 22.3 Å². The van der Waals surface area contributed by atoms with Gasteiger partial charge in [-0.3, -0.25) is 0 Å². The summed E-state index contributed by atoms with van der Waals surface area (Å²) in [6.45, 7) is 2.64. The molecule has 0 radical (unpaired) electrons. The van der Waals surface area contributed by atoms with E-state index in [-0.39, 0.29) is 11.5 Å². The third-order valence-electron chi connectivity index (χ3n) is 2.36. The van der Waals surface area contributed by atoms with Crippen molar-refractivity contribution in [3.8, 4) is 0 Å². The van der Waals surface area contributed by atoms with Crippen molar-refractivity contribution >= 4 is 6.09 Å². The van der Waals surface area contributed by atoms with Crippen LogP contribution in [0.2, 0.25) is 0 Å². The van der Waals surface area contributed by atoms with Crippen LogP contribution >= 0.6 is 0 Å². The molecule has 0 amide bonds. The van der Waals surface area contributed by atoms with E-state index in [1.54, 1.807) is 12.4 Å². The molecule has 1 aromatic rings. The van der Waals surface area contributed by atoms with Gasteiger partial charge >= 0.3 is 6.09 Å². The van der Waals surface area contributed by atoms with Gasteiger partial charge in [0.05, 0.1) is 6.61 Å². The summed E-state index contributed by atoms with van der Waals surface area (Å²) in [5.41, 5.74) is 0.246. The predicted octanol–water partition coefficient (Wildman–Crippen LogP) is 1.67. The van der Waals surface area contributed by atoms with Gasteiger partial charge in [-0.1, -0.05) is 6.92 Å². The fraction of sp³-hybridized carbons (Fsp3) is 0.556. The van der Waals surface area contributed by atoms with E-state index in [0.717, 1.165) is 12.8 Å². The van der Waals surface area contributed by atoms with Gasteiger partial charge in [0, 0.05) is 17.8 Å². The molecule has 2 rings (SSSR count). The first-order chi connectivity index (χ1) is 6.20. The summed E-state index contributed by atoms with van der Waals surface area (Å²) < 4.78 is 6.44. The minimum Gasteiger partial charge on any atom is -0.448 e. The molecule has 0 unspecified atom stereocenters. The Kier molecular flexibility index (Phi) is 1.83. The summed E-state index contributed by atoms with van der Waals surface area (Å²) >= 11 is 0. The van der Waals surface area contributed by atoms with Crippen molar-refractivity contribution in [2.45, 2.75) is 19.8 Å². The van der Waals surface area contributed by atoms with Crippen LogP contribution in [0.1, 0.15) is 19.8 Å². The van der Waals surface area contributed by atoms with Crippen molar-refractivity contribution in [3.05, 3.63) is 18.7 Å². The highest BCUT2D eigenvalue weighted by atomic mass is 16.5. The summed E-state index contributed by atoms with van der Waals surface area (Å²) in [7, 11) is 0. The average Bonchev–Trinajstić information content (AvgIpc) is 2.69. The number of rotatable bonds is 2. The summed E-state index contributed by atoms with van der Waals surface area (Å²) in [5, 5.41) is 0. The lowest BCUT2D eigenvalue weighted by atomic mass is 10.2. The molecule has 0 bridgehead atoms. The Hall–Kier alpha value is -1.32. The van der Waals surface area contributed by atoms with Crippen molar-refractivity contribution in [1.82, 2.24) is 9.55 Å². The van der Waals surface area contributed by atoms with Gasteiger partial charge in [-0.15, -0.1) is 0 Å². The highest BCUT2D eigenvalue weighted by molar-refractivity contribution is 5.69. The third-order valence-corrected chi connectivity index (χ3v) is 2.36. The zero-order valence-electron chi connectivity index (χ0n) is 7.56. The van der Waals surface area contributed by atoms with E-state index in [9.17, 15) is 4.79 Å². The minimum atomic E-state index is -0.342. The molecule has 0 N–H and O–H groups in total. The third kappa shape index (κ3) is 1.88. The van der Waals surface area contributed by atoms with E-state index in [1.165, 1.54) is 10.9 Å². The fourth-order valence-corrected chi connectivity index (χ4v) is 1.04. The molecule has 0 aromatic carbocycles.